The van der Waals surface area contributed by atoms with Crippen LogP contribution < -0.4 is 41.2 Å². The molecule has 0 heterocycles. The van der Waals surface area contributed by atoms with Crippen LogP contribution in [0.5, 0.6) is 0 Å². The average Bonchev–Trinajstić information content (AvgIpc) is 3.23. The zero-order valence-corrected chi connectivity index (χ0v) is 43.7. The summed E-state index contributed by atoms with van der Waals surface area (Å²) in [4.78, 5) is 0. The van der Waals surface area contributed by atoms with E-state index in [1.807, 2.05) is 0 Å². The van der Waals surface area contributed by atoms with Gasteiger partial charge in [0.05, 0.1) is 0 Å². The quantitative estimate of drug-likeness (QED) is 0.111. The third-order valence-corrected chi connectivity index (χ3v) is 17.5. The molecular formula is C60H64F2P2Ru. The molecule has 0 saturated carbocycles. The maximum absolute atomic E-state index is 2.47. The van der Waals surface area contributed by atoms with Crippen LogP contribution in [-0.4, -0.2) is 0 Å². The number of benzene rings is 8. The van der Waals surface area contributed by atoms with Gasteiger partial charge in [0, 0.05) is 0 Å². The fourth-order valence-corrected chi connectivity index (χ4v) is 13.6. The molecule has 0 N–H and O–H groups in total. The van der Waals surface area contributed by atoms with E-state index >= 15 is 0 Å². The molecule has 8 aromatic rings. The molecule has 8 aromatic carbocycles. The molecule has 336 valence electrons. The van der Waals surface area contributed by atoms with Gasteiger partial charge in [-0.25, -0.2) is 0 Å². The Balaban J connectivity index is 0.00000264. The largest absolute Gasteiger partial charge is 2.00 e. The van der Waals surface area contributed by atoms with Crippen LogP contribution in [0.15, 0.2) is 170 Å². The van der Waals surface area contributed by atoms with Crippen molar-refractivity contribution in [1.82, 2.24) is 0 Å². The standard InChI is InChI=1S/C60H64P2.2FH.Ru/c1-57(2,3)43-23-31-47(32-24-43)61(48-33-25-44(26-34-48)58(4,5)6)53-39-21-41-17-13-15-19-51(41)55(53)56-52-20-16-14-18-42(52)22-40-54(56)62(49-35-27-45(28-36-49)59(7,8)9)50-37-29-46(30-38-50)60(10,11)12;;;/h13-40H,1-12H3;2*1H;/q;;;+2/p-2. The first-order chi connectivity index (χ1) is 29.3. The molecule has 0 aliphatic rings. The molecule has 0 aliphatic carbocycles. The summed E-state index contributed by atoms with van der Waals surface area (Å²) in [7, 11) is -1.97. The van der Waals surface area contributed by atoms with E-state index in [1.165, 1.54) is 86.8 Å². The third-order valence-electron chi connectivity index (χ3n) is 12.5. The second-order valence-electron chi connectivity index (χ2n) is 21.2. The molecule has 5 heteroatoms. The molecule has 8 rings (SSSR count). The molecular weight excluding hydrogens is 922 g/mol. The fraction of sp³-hybridized carbons (Fsp3) is 0.267. The predicted octanol–water partition coefficient (Wildman–Crippen LogP) is 8.37. The van der Waals surface area contributed by atoms with Gasteiger partial charge in [-0.2, -0.15) is 0 Å². The minimum absolute atomic E-state index is 0. The van der Waals surface area contributed by atoms with Crippen molar-refractivity contribution in [2.75, 3.05) is 0 Å². The predicted molar refractivity (Wildman–Crippen MR) is 279 cm³/mol. The summed E-state index contributed by atoms with van der Waals surface area (Å²) in [6.07, 6.45) is 0. The summed E-state index contributed by atoms with van der Waals surface area (Å²) in [5.74, 6) is 0. The van der Waals surface area contributed by atoms with Gasteiger partial charge in [-0.15, -0.1) is 0 Å². The van der Waals surface area contributed by atoms with Crippen molar-refractivity contribution < 1.29 is 28.9 Å². The first kappa shape index (κ1) is 51.6. The van der Waals surface area contributed by atoms with Crippen LogP contribution >= 0.6 is 15.8 Å². The summed E-state index contributed by atoms with van der Waals surface area (Å²) < 4.78 is 0. The van der Waals surface area contributed by atoms with E-state index in [2.05, 4.69) is 253 Å². The molecule has 0 radical (unpaired) electrons. The maximum Gasteiger partial charge on any atom is 2.00 e. The Morgan fingerprint density at radius 1 is 0.277 bits per heavy atom. The van der Waals surface area contributed by atoms with Crippen LogP contribution in [0.25, 0.3) is 32.7 Å². The number of rotatable bonds is 7. The van der Waals surface area contributed by atoms with Gasteiger partial charge in [0.1, 0.15) is 0 Å². The van der Waals surface area contributed by atoms with Crippen LogP contribution in [0.4, 0.5) is 0 Å². The zero-order valence-electron chi connectivity index (χ0n) is 40.2. The van der Waals surface area contributed by atoms with E-state index in [0.29, 0.717) is 0 Å². The molecule has 0 fully saturated rings. The number of halogens is 2. The van der Waals surface area contributed by atoms with E-state index in [4.69, 9.17) is 0 Å². The third kappa shape index (κ3) is 10.8. The van der Waals surface area contributed by atoms with Gasteiger partial charge in [-0.1, -0.05) is 253 Å². The van der Waals surface area contributed by atoms with Crippen molar-refractivity contribution in [3.8, 4) is 11.1 Å². The van der Waals surface area contributed by atoms with Gasteiger partial charge in [0.25, 0.3) is 0 Å². The second-order valence-corrected chi connectivity index (χ2v) is 25.6. The molecule has 0 unspecified atom stereocenters. The minimum atomic E-state index is -0.983. The van der Waals surface area contributed by atoms with Gasteiger partial charge in [-0.05, 0) is 124 Å². The maximum atomic E-state index is 2.47. The second kappa shape index (κ2) is 19.8. The van der Waals surface area contributed by atoms with Gasteiger partial charge < -0.3 is 9.41 Å². The molecule has 0 amide bonds. The van der Waals surface area contributed by atoms with Crippen LogP contribution in [0.3, 0.4) is 0 Å². The van der Waals surface area contributed by atoms with Gasteiger partial charge >= 0.3 is 19.5 Å². The van der Waals surface area contributed by atoms with E-state index in [9.17, 15) is 0 Å². The van der Waals surface area contributed by atoms with Crippen molar-refractivity contribution in [1.29, 1.82) is 0 Å². The molecule has 0 atom stereocenters. The van der Waals surface area contributed by atoms with E-state index < -0.39 is 15.8 Å². The Kier molecular flexibility index (Phi) is 15.8. The smallest absolute Gasteiger partial charge is 1.00 e. The summed E-state index contributed by atoms with van der Waals surface area (Å²) in [5, 5.41) is 13.4. The topological polar surface area (TPSA) is 0 Å². The SMILES string of the molecule is CC(C)(C)c1ccc(P(c2ccc(C(C)(C)C)cc2)c2ccc3ccccc3c2-c2c(P(c3ccc(C(C)(C)C)cc3)c3ccc(C(C)(C)C)cc3)ccc3ccccc23)cc1.[F-].[F-].[Ru+2]. The summed E-state index contributed by atoms with van der Waals surface area (Å²) >= 11 is 0. The Morgan fingerprint density at radius 2 is 0.508 bits per heavy atom. The first-order valence-corrected chi connectivity index (χ1v) is 25.0. The first-order valence-electron chi connectivity index (χ1n) is 22.4. The van der Waals surface area contributed by atoms with Crippen LogP contribution in [0, 0.1) is 0 Å². The molecule has 0 bridgehead atoms. The van der Waals surface area contributed by atoms with Crippen LogP contribution in [0.2, 0.25) is 0 Å². The Hall–Kier alpha value is -4.38. The molecule has 0 spiro atoms. The Bertz CT molecular complexity index is 2540. The number of hydrogen-bond acceptors (Lipinski definition) is 0. The fourth-order valence-electron chi connectivity index (χ4n) is 8.71. The summed E-state index contributed by atoms with van der Waals surface area (Å²) in [5.41, 5.74) is 8.39. The van der Waals surface area contributed by atoms with Crippen molar-refractivity contribution in [3.63, 3.8) is 0 Å². The normalized spacial score (nSPS) is 12.2. The van der Waals surface area contributed by atoms with Crippen LogP contribution in [0.1, 0.15) is 105 Å². The Labute approximate surface area is 403 Å². The summed E-state index contributed by atoms with van der Waals surface area (Å²) in [6, 6.07) is 66.3. The van der Waals surface area contributed by atoms with Gasteiger partial charge in [0.2, 0.25) is 0 Å². The van der Waals surface area contributed by atoms with Crippen molar-refractivity contribution in [2.45, 2.75) is 105 Å². The zero-order chi connectivity index (χ0) is 44.2. The molecule has 65 heavy (non-hydrogen) atoms. The molecule has 0 saturated heterocycles. The molecule has 0 nitrogen and oxygen atoms in total. The summed E-state index contributed by atoms with van der Waals surface area (Å²) in [6.45, 7) is 27.7. The van der Waals surface area contributed by atoms with Crippen molar-refractivity contribution in [3.05, 3.63) is 192 Å². The van der Waals surface area contributed by atoms with Gasteiger partial charge in [-0.3, -0.25) is 0 Å². The van der Waals surface area contributed by atoms with E-state index in [0.717, 1.165) is 0 Å². The minimum Gasteiger partial charge on any atom is -1.00 e. The van der Waals surface area contributed by atoms with E-state index in [-0.39, 0.29) is 50.5 Å². The number of hydrogen-bond donors (Lipinski definition) is 0. The van der Waals surface area contributed by atoms with E-state index in [1.54, 1.807) is 0 Å². The Morgan fingerprint density at radius 3 is 0.738 bits per heavy atom. The molecule has 0 aromatic heterocycles. The van der Waals surface area contributed by atoms with Crippen molar-refractivity contribution >= 4 is 69.2 Å². The average molecular weight is 986 g/mol. The van der Waals surface area contributed by atoms with Crippen molar-refractivity contribution in [2.24, 2.45) is 0 Å². The number of fused-ring (bicyclic) bond motifs is 2. The monoisotopic (exact) mass is 986 g/mol. The van der Waals surface area contributed by atoms with Gasteiger partial charge in [0.15, 0.2) is 0 Å². The molecule has 0 aliphatic heterocycles. The van der Waals surface area contributed by atoms with Crippen LogP contribution in [-0.2, 0) is 41.1 Å².